The first-order valence-electron chi connectivity index (χ1n) is 6.49. The van der Waals surface area contributed by atoms with Gasteiger partial charge in [-0.05, 0) is 19.9 Å². The van der Waals surface area contributed by atoms with E-state index in [0.29, 0.717) is 11.1 Å². The van der Waals surface area contributed by atoms with E-state index in [1.54, 1.807) is 11.0 Å². The van der Waals surface area contributed by atoms with Crippen LogP contribution in [0.5, 0.6) is 0 Å². The van der Waals surface area contributed by atoms with Crippen LogP contribution in [0.15, 0.2) is 34.9 Å². The van der Waals surface area contributed by atoms with E-state index in [2.05, 4.69) is 0 Å². The first-order chi connectivity index (χ1) is 9.50. The molecule has 0 unspecified atom stereocenters. The highest BCUT2D eigenvalue weighted by Gasteiger charge is 2.22. The Bertz CT molecular complexity index is 630. The van der Waals surface area contributed by atoms with Gasteiger partial charge in [-0.25, -0.2) is 0 Å². The maximum Gasteiger partial charge on any atom is 0.305 e. The molecule has 106 valence electrons. The van der Waals surface area contributed by atoms with E-state index in [1.807, 2.05) is 32.0 Å². The summed E-state index contributed by atoms with van der Waals surface area (Å²) < 4.78 is 5.36. The Kier molecular flexibility index (Phi) is 4.08. The third-order valence-corrected chi connectivity index (χ3v) is 3.16. The van der Waals surface area contributed by atoms with Crippen LogP contribution in [-0.2, 0) is 4.79 Å². The maximum atomic E-state index is 12.5. The summed E-state index contributed by atoms with van der Waals surface area (Å²) in [7, 11) is 0. The van der Waals surface area contributed by atoms with E-state index in [1.165, 1.54) is 6.26 Å². The summed E-state index contributed by atoms with van der Waals surface area (Å²) in [6, 6.07) is 7.22. The summed E-state index contributed by atoms with van der Waals surface area (Å²) in [6.07, 6.45) is 1.36. The van der Waals surface area contributed by atoms with Crippen molar-refractivity contribution in [1.82, 2.24) is 4.90 Å². The zero-order valence-electron chi connectivity index (χ0n) is 11.5. The fraction of sp³-hybridized carbons (Fsp3) is 0.333. The van der Waals surface area contributed by atoms with Crippen LogP contribution in [0, 0.1) is 0 Å². The van der Waals surface area contributed by atoms with Crippen LogP contribution in [0.3, 0.4) is 0 Å². The van der Waals surface area contributed by atoms with Gasteiger partial charge in [-0.2, -0.15) is 0 Å². The van der Waals surface area contributed by atoms with Crippen molar-refractivity contribution in [2.45, 2.75) is 26.3 Å². The molecule has 20 heavy (non-hydrogen) atoms. The lowest BCUT2D eigenvalue weighted by atomic mass is 10.1. The largest absolute Gasteiger partial charge is 0.481 e. The van der Waals surface area contributed by atoms with Crippen LogP contribution in [0.25, 0.3) is 11.0 Å². The van der Waals surface area contributed by atoms with Crippen LogP contribution in [-0.4, -0.2) is 34.5 Å². The van der Waals surface area contributed by atoms with Crippen molar-refractivity contribution in [3.05, 3.63) is 36.1 Å². The predicted molar refractivity (Wildman–Crippen MR) is 74.6 cm³/mol. The summed E-state index contributed by atoms with van der Waals surface area (Å²) in [6.45, 7) is 3.91. The average Bonchev–Trinajstić information content (AvgIpc) is 2.81. The molecule has 2 aromatic rings. The zero-order valence-corrected chi connectivity index (χ0v) is 11.5. The minimum Gasteiger partial charge on any atom is -0.481 e. The van der Waals surface area contributed by atoms with Crippen molar-refractivity contribution < 1.29 is 19.1 Å². The first kappa shape index (κ1) is 14.1. The molecule has 1 aromatic carbocycles. The lowest BCUT2D eigenvalue weighted by Crippen LogP contribution is -2.38. The molecule has 2 rings (SSSR count). The standard InChI is InChI=1S/C15H17NO4/c1-10(2)16(8-7-14(17)18)15(19)12-9-20-13-6-4-3-5-11(12)13/h3-6,9-10H,7-8H2,1-2H3,(H,17,18). The van der Waals surface area contributed by atoms with Crippen LogP contribution < -0.4 is 0 Å². The number of carbonyl (C=O) groups excluding carboxylic acids is 1. The number of carbonyl (C=O) groups is 2. The summed E-state index contributed by atoms with van der Waals surface area (Å²) in [5.41, 5.74) is 1.12. The number of para-hydroxylation sites is 1. The van der Waals surface area contributed by atoms with Crippen molar-refractivity contribution in [3.8, 4) is 0 Å². The predicted octanol–water partition coefficient (Wildman–Crippen LogP) is 2.76. The molecule has 0 fully saturated rings. The molecule has 0 radical (unpaired) electrons. The Balaban J connectivity index is 2.29. The Labute approximate surface area is 116 Å². The smallest absolute Gasteiger partial charge is 0.305 e. The minimum absolute atomic E-state index is 0.0697. The summed E-state index contributed by atoms with van der Waals surface area (Å²) in [5.74, 6) is -1.12. The Morgan fingerprint density at radius 1 is 1.30 bits per heavy atom. The van der Waals surface area contributed by atoms with Crippen LogP contribution >= 0.6 is 0 Å². The number of hydrogen-bond donors (Lipinski definition) is 1. The number of amides is 1. The highest BCUT2D eigenvalue weighted by Crippen LogP contribution is 2.22. The number of nitrogens with zero attached hydrogens (tertiary/aromatic N) is 1. The van der Waals surface area contributed by atoms with E-state index in [4.69, 9.17) is 9.52 Å². The number of furan rings is 1. The second-order valence-corrected chi connectivity index (χ2v) is 4.88. The first-order valence-corrected chi connectivity index (χ1v) is 6.49. The lowest BCUT2D eigenvalue weighted by Gasteiger charge is -2.25. The van der Waals surface area contributed by atoms with E-state index in [9.17, 15) is 9.59 Å². The summed E-state index contributed by atoms with van der Waals surface area (Å²) in [4.78, 5) is 24.8. The molecule has 1 aromatic heterocycles. The number of hydrogen-bond acceptors (Lipinski definition) is 3. The molecule has 0 saturated heterocycles. The van der Waals surface area contributed by atoms with E-state index >= 15 is 0 Å². The molecule has 1 amide bonds. The van der Waals surface area contributed by atoms with Crippen molar-refractivity contribution >= 4 is 22.8 Å². The lowest BCUT2D eigenvalue weighted by molar-refractivity contribution is -0.137. The number of aliphatic carboxylic acids is 1. The van der Waals surface area contributed by atoms with Gasteiger partial charge in [0.05, 0.1) is 12.0 Å². The average molecular weight is 275 g/mol. The fourth-order valence-electron chi connectivity index (χ4n) is 2.11. The molecule has 0 atom stereocenters. The monoisotopic (exact) mass is 275 g/mol. The molecule has 1 N–H and O–H groups in total. The molecule has 0 spiro atoms. The number of carboxylic acids is 1. The molecular weight excluding hydrogens is 258 g/mol. The molecular formula is C15H17NO4. The van der Waals surface area contributed by atoms with Crippen molar-refractivity contribution in [1.29, 1.82) is 0 Å². The van der Waals surface area contributed by atoms with Crippen LogP contribution in [0.2, 0.25) is 0 Å². The van der Waals surface area contributed by atoms with Gasteiger partial charge >= 0.3 is 5.97 Å². The molecule has 5 heteroatoms. The Morgan fingerprint density at radius 2 is 2.00 bits per heavy atom. The quantitative estimate of drug-likeness (QED) is 0.910. The second kappa shape index (κ2) is 5.77. The third kappa shape index (κ3) is 2.82. The number of benzene rings is 1. The van der Waals surface area contributed by atoms with E-state index in [0.717, 1.165) is 5.39 Å². The molecule has 0 bridgehead atoms. The third-order valence-electron chi connectivity index (χ3n) is 3.16. The van der Waals surface area contributed by atoms with E-state index in [-0.39, 0.29) is 24.9 Å². The van der Waals surface area contributed by atoms with Gasteiger partial charge in [-0.1, -0.05) is 18.2 Å². The number of fused-ring (bicyclic) bond motifs is 1. The summed E-state index contributed by atoms with van der Waals surface area (Å²) >= 11 is 0. The molecule has 0 aliphatic carbocycles. The minimum atomic E-state index is -0.916. The zero-order chi connectivity index (χ0) is 14.7. The van der Waals surface area contributed by atoms with Crippen LogP contribution in [0.4, 0.5) is 0 Å². The number of rotatable bonds is 5. The van der Waals surface area contributed by atoms with Crippen LogP contribution in [0.1, 0.15) is 30.6 Å². The molecule has 0 saturated carbocycles. The highest BCUT2D eigenvalue weighted by atomic mass is 16.4. The van der Waals surface area contributed by atoms with Gasteiger partial charge in [-0.15, -0.1) is 0 Å². The van der Waals surface area contributed by atoms with Crippen molar-refractivity contribution in [2.75, 3.05) is 6.54 Å². The molecule has 1 heterocycles. The van der Waals surface area contributed by atoms with Gasteiger partial charge in [0.2, 0.25) is 0 Å². The molecule has 5 nitrogen and oxygen atoms in total. The molecule has 0 aliphatic rings. The fourth-order valence-corrected chi connectivity index (χ4v) is 2.11. The second-order valence-electron chi connectivity index (χ2n) is 4.88. The number of carboxylic acid groups (broad SMARTS) is 1. The topological polar surface area (TPSA) is 70.8 Å². The SMILES string of the molecule is CC(C)N(CCC(=O)O)C(=O)c1coc2ccccc12. The summed E-state index contributed by atoms with van der Waals surface area (Å²) in [5, 5.41) is 9.52. The molecule has 0 aliphatic heterocycles. The Morgan fingerprint density at radius 3 is 2.65 bits per heavy atom. The highest BCUT2D eigenvalue weighted by molar-refractivity contribution is 6.06. The van der Waals surface area contributed by atoms with Gasteiger partial charge in [0.1, 0.15) is 11.8 Å². The van der Waals surface area contributed by atoms with Gasteiger partial charge in [-0.3, -0.25) is 9.59 Å². The van der Waals surface area contributed by atoms with Crippen molar-refractivity contribution in [3.63, 3.8) is 0 Å². The van der Waals surface area contributed by atoms with E-state index < -0.39 is 5.97 Å². The Hall–Kier alpha value is -2.30. The van der Waals surface area contributed by atoms with Gasteiger partial charge in [0, 0.05) is 18.0 Å². The van der Waals surface area contributed by atoms with Gasteiger partial charge < -0.3 is 14.4 Å². The van der Waals surface area contributed by atoms with Crippen molar-refractivity contribution in [2.24, 2.45) is 0 Å². The van der Waals surface area contributed by atoms with Gasteiger partial charge in [0.25, 0.3) is 5.91 Å². The maximum absolute atomic E-state index is 12.5. The van der Waals surface area contributed by atoms with Gasteiger partial charge in [0.15, 0.2) is 0 Å². The normalized spacial score (nSPS) is 10.9.